The van der Waals surface area contributed by atoms with Gasteiger partial charge in [-0.1, -0.05) is 11.6 Å². The van der Waals surface area contributed by atoms with E-state index >= 15 is 0 Å². The molecule has 0 radical (unpaired) electrons. The average Bonchev–Trinajstić information content (AvgIpc) is 3.09. The van der Waals surface area contributed by atoms with Gasteiger partial charge < -0.3 is 4.74 Å². The van der Waals surface area contributed by atoms with Crippen LogP contribution in [0.2, 0.25) is 0 Å². The quantitative estimate of drug-likeness (QED) is 0.649. The smallest absolute Gasteiger partial charge is 0.123 e. The third-order valence-corrected chi connectivity index (χ3v) is 5.33. The summed E-state index contributed by atoms with van der Waals surface area (Å²) >= 11 is 0. The topological polar surface area (TPSA) is 25.4 Å². The van der Waals surface area contributed by atoms with Gasteiger partial charge in [0.2, 0.25) is 0 Å². The zero-order chi connectivity index (χ0) is 18.8. The van der Waals surface area contributed by atoms with Crippen molar-refractivity contribution in [2.75, 3.05) is 26.8 Å². The number of rotatable bonds is 5. The van der Waals surface area contributed by atoms with Gasteiger partial charge in [-0.15, -0.1) is 0 Å². The molecule has 27 heavy (non-hydrogen) atoms. The van der Waals surface area contributed by atoms with Gasteiger partial charge in [-0.2, -0.15) is 0 Å². The van der Waals surface area contributed by atoms with Gasteiger partial charge in [-0.3, -0.25) is 4.90 Å². The number of nitrogens with zero attached hydrogens (tertiary/aromatic N) is 2. The summed E-state index contributed by atoms with van der Waals surface area (Å²) in [6.45, 7) is 5.88. The second kappa shape index (κ2) is 7.75. The number of halogens is 1. The van der Waals surface area contributed by atoms with Gasteiger partial charge in [-0.25, -0.2) is 9.37 Å². The molecule has 1 unspecified atom stereocenters. The van der Waals surface area contributed by atoms with Crippen LogP contribution in [0.25, 0.3) is 22.2 Å². The van der Waals surface area contributed by atoms with Gasteiger partial charge in [0, 0.05) is 31.1 Å². The maximum Gasteiger partial charge on any atom is 0.123 e. The van der Waals surface area contributed by atoms with E-state index in [1.165, 1.54) is 29.7 Å². The Hall–Kier alpha value is -2.30. The molecule has 0 saturated carbocycles. The highest BCUT2D eigenvalue weighted by atomic mass is 19.1. The van der Waals surface area contributed by atoms with Crippen molar-refractivity contribution in [2.45, 2.75) is 19.9 Å². The first kappa shape index (κ1) is 18.1. The molecule has 0 spiro atoms. The molecule has 1 atom stereocenters. The van der Waals surface area contributed by atoms with Gasteiger partial charge in [0.1, 0.15) is 5.82 Å². The number of pyridine rings is 1. The third-order valence-electron chi connectivity index (χ3n) is 5.33. The summed E-state index contributed by atoms with van der Waals surface area (Å²) in [4.78, 5) is 7.41. The minimum absolute atomic E-state index is 0.223. The van der Waals surface area contributed by atoms with E-state index in [1.807, 2.05) is 12.1 Å². The lowest BCUT2D eigenvalue weighted by Crippen LogP contribution is -2.22. The van der Waals surface area contributed by atoms with E-state index in [0.717, 1.165) is 48.4 Å². The van der Waals surface area contributed by atoms with Crippen LogP contribution in [0.15, 0.2) is 48.5 Å². The highest BCUT2D eigenvalue weighted by Gasteiger charge is 2.23. The summed E-state index contributed by atoms with van der Waals surface area (Å²) in [7, 11) is 1.77. The first-order chi connectivity index (χ1) is 13.1. The van der Waals surface area contributed by atoms with Gasteiger partial charge in [0.15, 0.2) is 0 Å². The van der Waals surface area contributed by atoms with E-state index in [4.69, 9.17) is 9.72 Å². The zero-order valence-electron chi connectivity index (χ0n) is 15.9. The maximum atomic E-state index is 13.4. The molecule has 0 bridgehead atoms. The molecule has 1 aliphatic heterocycles. The molecule has 140 valence electrons. The van der Waals surface area contributed by atoms with Gasteiger partial charge >= 0.3 is 0 Å². The molecule has 1 saturated heterocycles. The van der Waals surface area contributed by atoms with Crippen LogP contribution in [0.5, 0.6) is 0 Å². The highest BCUT2D eigenvalue weighted by molar-refractivity contribution is 5.84. The van der Waals surface area contributed by atoms with E-state index in [-0.39, 0.29) is 5.82 Å². The number of hydrogen-bond donors (Lipinski definition) is 0. The summed E-state index contributed by atoms with van der Waals surface area (Å²) in [5, 5.41) is 1.16. The number of hydrogen-bond acceptors (Lipinski definition) is 3. The lowest BCUT2D eigenvalue weighted by Gasteiger charge is -2.19. The molecule has 0 N–H and O–H groups in total. The maximum absolute atomic E-state index is 13.4. The van der Waals surface area contributed by atoms with Crippen molar-refractivity contribution in [1.82, 2.24) is 9.88 Å². The standard InChI is InChI=1S/C23H25FN2O/c1-16-3-8-22-19(11-16)12-20(14-26-10-9-17(13-26)15-27-2)23(25-22)18-4-6-21(24)7-5-18/h3-8,11-12,17H,9-10,13-15H2,1-2H3. The van der Waals surface area contributed by atoms with Crippen molar-refractivity contribution in [3.05, 3.63) is 65.5 Å². The van der Waals surface area contributed by atoms with Gasteiger partial charge in [-0.05, 0) is 73.8 Å². The fraction of sp³-hybridized carbons (Fsp3) is 0.348. The number of aromatic nitrogens is 1. The predicted octanol–water partition coefficient (Wildman–Crippen LogP) is 4.82. The Kier molecular flexibility index (Phi) is 5.19. The van der Waals surface area contributed by atoms with Crippen LogP contribution >= 0.6 is 0 Å². The number of benzene rings is 2. The molecule has 4 heteroatoms. The molecule has 2 heterocycles. The average molecular weight is 364 g/mol. The second-order valence-electron chi connectivity index (χ2n) is 7.54. The van der Waals surface area contributed by atoms with Crippen molar-refractivity contribution in [2.24, 2.45) is 5.92 Å². The number of methoxy groups -OCH3 is 1. The third kappa shape index (κ3) is 4.02. The van der Waals surface area contributed by atoms with Crippen LogP contribution in [0, 0.1) is 18.7 Å². The van der Waals surface area contributed by atoms with Crippen molar-refractivity contribution in [1.29, 1.82) is 0 Å². The Morgan fingerprint density at radius 3 is 2.74 bits per heavy atom. The molecular weight excluding hydrogens is 339 g/mol. The fourth-order valence-electron chi connectivity index (χ4n) is 3.99. The van der Waals surface area contributed by atoms with Crippen LogP contribution in [0.1, 0.15) is 17.5 Å². The molecule has 1 fully saturated rings. The molecule has 3 aromatic rings. The van der Waals surface area contributed by atoms with Crippen molar-refractivity contribution in [3.63, 3.8) is 0 Å². The zero-order valence-corrected chi connectivity index (χ0v) is 15.9. The molecule has 0 amide bonds. The highest BCUT2D eigenvalue weighted by Crippen LogP contribution is 2.29. The van der Waals surface area contributed by atoms with E-state index < -0.39 is 0 Å². The monoisotopic (exact) mass is 364 g/mol. The van der Waals surface area contributed by atoms with E-state index in [2.05, 4.69) is 36.1 Å². The molecule has 2 aromatic carbocycles. The molecule has 4 rings (SSSR count). The number of likely N-dealkylation sites (tertiary alicyclic amines) is 1. The minimum Gasteiger partial charge on any atom is -0.384 e. The van der Waals surface area contributed by atoms with Gasteiger partial charge in [0.05, 0.1) is 17.8 Å². The Bertz CT molecular complexity index is 939. The summed E-state index contributed by atoms with van der Waals surface area (Å²) in [5.41, 5.74) is 5.30. The Morgan fingerprint density at radius 1 is 1.15 bits per heavy atom. The number of fused-ring (bicyclic) bond motifs is 1. The largest absolute Gasteiger partial charge is 0.384 e. The summed E-state index contributed by atoms with van der Waals surface area (Å²) in [5.74, 6) is 0.374. The van der Waals surface area contributed by atoms with E-state index in [1.54, 1.807) is 7.11 Å². The Balaban J connectivity index is 1.72. The van der Waals surface area contributed by atoms with Crippen LogP contribution in [-0.4, -0.2) is 36.7 Å². The summed E-state index contributed by atoms with van der Waals surface area (Å²) in [6.07, 6.45) is 1.17. The Morgan fingerprint density at radius 2 is 1.96 bits per heavy atom. The molecule has 0 aliphatic carbocycles. The number of ether oxygens (including phenoxy) is 1. The van der Waals surface area contributed by atoms with Crippen molar-refractivity contribution < 1.29 is 9.13 Å². The normalized spacial score (nSPS) is 17.7. The van der Waals surface area contributed by atoms with Crippen LogP contribution in [0.4, 0.5) is 4.39 Å². The Labute approximate surface area is 159 Å². The molecular formula is C23H25FN2O. The molecule has 1 aliphatic rings. The molecule has 1 aromatic heterocycles. The van der Waals surface area contributed by atoms with Crippen LogP contribution in [0.3, 0.4) is 0 Å². The lowest BCUT2D eigenvalue weighted by molar-refractivity contribution is 0.152. The first-order valence-electron chi connectivity index (χ1n) is 9.50. The predicted molar refractivity (Wildman–Crippen MR) is 107 cm³/mol. The second-order valence-corrected chi connectivity index (χ2v) is 7.54. The van der Waals surface area contributed by atoms with E-state index in [0.29, 0.717) is 5.92 Å². The minimum atomic E-state index is -0.223. The summed E-state index contributed by atoms with van der Waals surface area (Å²) < 4.78 is 18.7. The van der Waals surface area contributed by atoms with Crippen LogP contribution in [-0.2, 0) is 11.3 Å². The van der Waals surface area contributed by atoms with Gasteiger partial charge in [0.25, 0.3) is 0 Å². The first-order valence-corrected chi connectivity index (χ1v) is 9.50. The summed E-state index contributed by atoms with van der Waals surface area (Å²) in [6, 6.07) is 15.2. The van der Waals surface area contributed by atoms with E-state index in [9.17, 15) is 4.39 Å². The van der Waals surface area contributed by atoms with Crippen LogP contribution < -0.4 is 0 Å². The number of aryl methyl sites for hydroxylation is 1. The van der Waals surface area contributed by atoms with Crippen molar-refractivity contribution >= 4 is 10.9 Å². The molecule has 3 nitrogen and oxygen atoms in total. The lowest BCUT2D eigenvalue weighted by atomic mass is 10.0. The van der Waals surface area contributed by atoms with Crippen molar-refractivity contribution in [3.8, 4) is 11.3 Å². The fourth-order valence-corrected chi connectivity index (χ4v) is 3.99. The SMILES string of the molecule is COCC1CCN(Cc2cc3cc(C)ccc3nc2-c2ccc(F)cc2)C1.